The molecule has 1 aliphatic rings. The van der Waals surface area contributed by atoms with Gasteiger partial charge in [0.1, 0.15) is 29.7 Å². The zero-order chi connectivity index (χ0) is 28.5. The average Bonchev–Trinajstić information content (AvgIpc) is 3.46. The van der Waals surface area contributed by atoms with E-state index in [-0.39, 0.29) is 22.9 Å². The number of carbonyl (C=O) groups is 1. The first-order valence-electron chi connectivity index (χ1n) is 12.8. The number of nitrogens with zero attached hydrogens (tertiary/aromatic N) is 7. The number of rotatable bonds is 7. The summed E-state index contributed by atoms with van der Waals surface area (Å²) in [6.45, 7) is 6.31. The van der Waals surface area contributed by atoms with Crippen molar-refractivity contribution in [3.8, 4) is 11.5 Å². The van der Waals surface area contributed by atoms with E-state index in [1.54, 1.807) is 40.7 Å². The number of carbonyl (C=O) groups excluding carboxylic acids is 1. The molecular weight excluding hydrogens is 530 g/mol. The Kier molecular flexibility index (Phi) is 6.79. The summed E-state index contributed by atoms with van der Waals surface area (Å²) in [5.74, 6) is 0.909. The summed E-state index contributed by atoms with van der Waals surface area (Å²) < 4.78 is 36.1. The van der Waals surface area contributed by atoms with Crippen LogP contribution in [-0.4, -0.2) is 53.4 Å². The van der Waals surface area contributed by atoms with E-state index in [1.165, 1.54) is 24.8 Å². The highest BCUT2D eigenvalue weighted by Gasteiger charge is 2.20. The lowest BCUT2D eigenvalue weighted by molar-refractivity contribution is -0.125. The van der Waals surface area contributed by atoms with Crippen molar-refractivity contribution in [1.29, 1.82) is 0 Å². The third-order valence-corrected chi connectivity index (χ3v) is 6.82. The third kappa shape index (κ3) is 5.19. The summed E-state index contributed by atoms with van der Waals surface area (Å²) in [7, 11) is 0. The van der Waals surface area contributed by atoms with Crippen LogP contribution in [0.25, 0.3) is 22.3 Å². The molecule has 1 N–H and O–H groups in total. The third-order valence-electron chi connectivity index (χ3n) is 6.82. The first kappa shape index (κ1) is 26.0. The number of benzene rings is 1. The lowest BCUT2D eigenvalue weighted by atomic mass is 10.0. The van der Waals surface area contributed by atoms with Crippen molar-refractivity contribution in [3.63, 3.8) is 0 Å². The Morgan fingerprint density at radius 3 is 2.80 bits per heavy atom. The van der Waals surface area contributed by atoms with Gasteiger partial charge in [0.2, 0.25) is 5.91 Å². The van der Waals surface area contributed by atoms with Crippen molar-refractivity contribution in [2.24, 2.45) is 0 Å². The zero-order valence-electron chi connectivity index (χ0n) is 22.0. The number of amides is 1. The van der Waals surface area contributed by atoms with E-state index in [9.17, 15) is 13.6 Å². The maximum atomic E-state index is 14.3. The SMILES string of the molecule is C=CC(=O)N1CC=C(c2ccc3ncnc(Nc4cc(C)c(Oc5ccn6ncnc6c5)cc4C(F)F)c3n2)CC1. The number of alkyl halides is 2. The maximum Gasteiger partial charge on any atom is 0.265 e. The molecule has 0 unspecified atom stereocenters. The Bertz CT molecular complexity index is 1840. The second-order valence-electron chi connectivity index (χ2n) is 9.41. The van der Waals surface area contributed by atoms with Gasteiger partial charge in [-0.05, 0) is 60.9 Å². The fraction of sp³-hybridized carbons (Fsp3) is 0.172. The van der Waals surface area contributed by atoms with Crippen LogP contribution in [0.5, 0.6) is 11.5 Å². The molecule has 12 heteroatoms. The summed E-state index contributed by atoms with van der Waals surface area (Å²) in [6, 6.07) is 9.94. The molecule has 5 aromatic rings. The van der Waals surface area contributed by atoms with Gasteiger partial charge in [0.15, 0.2) is 11.5 Å². The van der Waals surface area contributed by atoms with Crippen molar-refractivity contribution < 1.29 is 18.3 Å². The molecule has 41 heavy (non-hydrogen) atoms. The topological polar surface area (TPSA) is 110 Å². The Morgan fingerprint density at radius 2 is 2.02 bits per heavy atom. The van der Waals surface area contributed by atoms with Crippen LogP contribution in [0, 0.1) is 6.92 Å². The number of fused-ring (bicyclic) bond motifs is 2. The van der Waals surface area contributed by atoms with Crippen molar-refractivity contribution in [1.82, 2.24) is 34.4 Å². The van der Waals surface area contributed by atoms with Crippen molar-refractivity contribution in [3.05, 3.63) is 90.8 Å². The van der Waals surface area contributed by atoms with Gasteiger partial charge in [-0.15, -0.1) is 0 Å². The molecule has 10 nitrogen and oxygen atoms in total. The minimum absolute atomic E-state index is 0.121. The van der Waals surface area contributed by atoms with Crippen LogP contribution < -0.4 is 10.1 Å². The molecule has 4 aromatic heterocycles. The Hall–Kier alpha value is -5.26. The normalized spacial score (nSPS) is 13.5. The number of hydrogen-bond acceptors (Lipinski definition) is 8. The molecule has 1 amide bonds. The summed E-state index contributed by atoms with van der Waals surface area (Å²) in [5.41, 5.74) is 3.82. The van der Waals surface area contributed by atoms with Crippen molar-refractivity contribution >= 4 is 39.7 Å². The van der Waals surface area contributed by atoms with E-state index in [2.05, 4.69) is 31.9 Å². The molecular formula is C29H24F2N8O2. The van der Waals surface area contributed by atoms with Gasteiger partial charge in [-0.2, -0.15) is 5.10 Å². The molecule has 0 saturated carbocycles. The highest BCUT2D eigenvalue weighted by atomic mass is 19.3. The molecule has 6 rings (SSSR count). The number of halogens is 2. The lowest BCUT2D eigenvalue weighted by Gasteiger charge is -2.25. The fourth-order valence-corrected chi connectivity index (χ4v) is 4.66. The van der Waals surface area contributed by atoms with Crippen LogP contribution in [0.4, 0.5) is 20.3 Å². The van der Waals surface area contributed by atoms with Gasteiger partial charge >= 0.3 is 0 Å². The summed E-state index contributed by atoms with van der Waals surface area (Å²) in [4.78, 5) is 31.1. The summed E-state index contributed by atoms with van der Waals surface area (Å²) in [6.07, 6.45) is 5.54. The van der Waals surface area contributed by atoms with Crippen molar-refractivity contribution in [2.45, 2.75) is 19.8 Å². The van der Waals surface area contributed by atoms with Crippen LogP contribution >= 0.6 is 0 Å². The predicted molar refractivity (Wildman–Crippen MR) is 149 cm³/mol. The number of aryl methyl sites for hydroxylation is 1. The second-order valence-corrected chi connectivity index (χ2v) is 9.41. The molecule has 0 atom stereocenters. The second kappa shape index (κ2) is 10.7. The summed E-state index contributed by atoms with van der Waals surface area (Å²) in [5, 5.41) is 7.10. The first-order valence-corrected chi connectivity index (χ1v) is 12.8. The Balaban J connectivity index is 1.31. The number of anilines is 2. The zero-order valence-corrected chi connectivity index (χ0v) is 22.0. The van der Waals surface area contributed by atoms with Gasteiger partial charge in [0.05, 0.1) is 11.2 Å². The highest BCUT2D eigenvalue weighted by molar-refractivity contribution is 5.90. The fourth-order valence-electron chi connectivity index (χ4n) is 4.66. The van der Waals surface area contributed by atoms with Crippen molar-refractivity contribution in [2.75, 3.05) is 18.4 Å². The Morgan fingerprint density at radius 1 is 1.15 bits per heavy atom. The van der Waals surface area contributed by atoms with Crippen LogP contribution in [0.2, 0.25) is 0 Å². The number of hydrogen-bond donors (Lipinski definition) is 1. The molecule has 206 valence electrons. The molecule has 0 radical (unpaired) electrons. The van der Waals surface area contributed by atoms with Crippen LogP contribution in [-0.2, 0) is 4.79 Å². The predicted octanol–water partition coefficient (Wildman–Crippen LogP) is 5.65. The lowest BCUT2D eigenvalue weighted by Crippen LogP contribution is -2.33. The van der Waals surface area contributed by atoms with Gasteiger partial charge in [0.25, 0.3) is 6.43 Å². The van der Waals surface area contributed by atoms with E-state index in [1.807, 2.05) is 18.2 Å². The maximum absolute atomic E-state index is 14.3. The molecule has 0 aliphatic carbocycles. The number of pyridine rings is 2. The summed E-state index contributed by atoms with van der Waals surface area (Å²) >= 11 is 0. The van der Waals surface area contributed by atoms with E-state index in [0.29, 0.717) is 59.0 Å². The molecule has 5 heterocycles. The van der Waals surface area contributed by atoms with Crippen LogP contribution in [0.3, 0.4) is 0 Å². The monoisotopic (exact) mass is 554 g/mol. The smallest absolute Gasteiger partial charge is 0.265 e. The average molecular weight is 555 g/mol. The quantitative estimate of drug-likeness (QED) is 0.257. The number of nitrogens with one attached hydrogen (secondary N) is 1. The molecule has 1 aromatic carbocycles. The molecule has 0 spiro atoms. The van der Waals surface area contributed by atoms with E-state index >= 15 is 0 Å². The van der Waals surface area contributed by atoms with Crippen LogP contribution in [0.15, 0.2) is 74.0 Å². The van der Waals surface area contributed by atoms with E-state index in [0.717, 1.165) is 5.57 Å². The number of aromatic nitrogens is 6. The standard InChI is InChI=1S/C29H24F2N8O2/c1-3-26(40)38-9-6-18(7-10-38)21-4-5-22-27(36-21)29(34-15-32-22)37-23-12-17(2)24(14-20(23)28(30)31)41-19-8-11-39-25(13-19)33-16-35-39/h3-6,8,11-16,28H,1,7,9-10H2,2H3,(H,32,34,37). The minimum atomic E-state index is -2.79. The highest BCUT2D eigenvalue weighted by Crippen LogP contribution is 2.37. The van der Waals surface area contributed by atoms with Gasteiger partial charge in [-0.1, -0.05) is 12.7 Å². The first-order chi connectivity index (χ1) is 19.9. The Labute approximate surface area is 233 Å². The van der Waals surface area contributed by atoms with Gasteiger partial charge in [-0.3, -0.25) is 4.79 Å². The molecule has 0 saturated heterocycles. The van der Waals surface area contributed by atoms with Gasteiger partial charge in [0, 0.05) is 36.6 Å². The van der Waals surface area contributed by atoms with Gasteiger partial charge < -0.3 is 15.0 Å². The largest absolute Gasteiger partial charge is 0.457 e. The van der Waals surface area contributed by atoms with Gasteiger partial charge in [-0.25, -0.2) is 33.2 Å². The van der Waals surface area contributed by atoms with E-state index < -0.39 is 6.43 Å². The molecule has 0 bridgehead atoms. The molecule has 1 aliphatic heterocycles. The minimum Gasteiger partial charge on any atom is -0.457 e. The van der Waals surface area contributed by atoms with E-state index in [4.69, 9.17) is 9.72 Å². The number of ether oxygens (including phenoxy) is 1. The molecule has 0 fully saturated rings. The van der Waals surface area contributed by atoms with Crippen LogP contribution in [0.1, 0.15) is 29.7 Å².